The molecule has 86 heavy (non-hydrogen) atoms. The first-order chi connectivity index (χ1) is 41.2. The van der Waals surface area contributed by atoms with Gasteiger partial charge in [0.25, 0.3) is 11.1 Å². The van der Waals surface area contributed by atoms with Crippen LogP contribution in [0.4, 0.5) is 17.1 Å². The summed E-state index contributed by atoms with van der Waals surface area (Å²) >= 11 is 29.6. The number of pyridine rings is 4. The Bertz CT molecular complexity index is 3570. The number of benzene rings is 4. The Labute approximate surface area is 535 Å². The standard InChI is InChI=1S/2C15H18ClN3O.C15H19N3O2.C10H8BrNO2.C5H12N2.Cl3OP/c2*1-18-5-7-19(8-6-18)14-10-17-15(16)12-4-3-11(20-2)9-13(12)14;1-17-5-7-18(8-6-17)14-10-16-15(19)12-4-3-11(20-2)9-13(12)14;1-14-6-2-3-7-8(4-6)9(11)5-12-10(7)13;1-7-4-2-6-3-5-7;1-5(2,3)4/h2*3-4,9-10H,5-8H2,1-2H3;3-4,9-10H,5-8H2,1-2H3,(H,16,19);2-5H,1H3,(H,12,13);6H,2-5H2,1H3;. The molecule has 4 aliphatic rings. The van der Waals surface area contributed by atoms with Crippen LogP contribution in [0.1, 0.15) is 0 Å². The lowest BCUT2D eigenvalue weighted by Crippen LogP contribution is -2.44. The third-order valence-corrected chi connectivity index (χ3v) is 16.3. The zero-order valence-corrected chi connectivity index (χ0v) is 55.9. The molecule has 0 amide bonds. The van der Waals surface area contributed by atoms with Crippen LogP contribution in [0.15, 0.2) is 112 Å². The number of likely N-dealkylation sites (N-methyl/N-ethyl adjacent to an activating group) is 4. The zero-order valence-electron chi connectivity index (χ0n) is 49.6. The van der Waals surface area contributed by atoms with Crippen molar-refractivity contribution in [2.75, 3.05) is 176 Å². The highest BCUT2D eigenvalue weighted by Gasteiger charge is 2.21. The van der Waals surface area contributed by atoms with Gasteiger partial charge in [0.15, 0.2) is 0 Å². The van der Waals surface area contributed by atoms with Crippen molar-refractivity contribution in [2.24, 2.45) is 0 Å². The Balaban J connectivity index is 0.000000155. The molecule has 8 aromatic rings. The summed E-state index contributed by atoms with van der Waals surface area (Å²) < 4.78 is 31.4. The molecule has 464 valence electrons. The van der Waals surface area contributed by atoms with Crippen LogP contribution >= 0.6 is 78.1 Å². The number of H-pyrrole nitrogens is 2. The lowest BCUT2D eigenvalue weighted by Gasteiger charge is -2.34. The van der Waals surface area contributed by atoms with E-state index in [-0.39, 0.29) is 11.1 Å². The van der Waals surface area contributed by atoms with Crippen molar-refractivity contribution in [1.29, 1.82) is 0 Å². The fraction of sp³-hybridized carbons (Fsp3) is 0.400. The van der Waals surface area contributed by atoms with Crippen molar-refractivity contribution in [3.63, 3.8) is 0 Å². The van der Waals surface area contributed by atoms with Crippen LogP contribution in [0, 0.1) is 0 Å². The average molecular weight is 1360 g/mol. The van der Waals surface area contributed by atoms with Crippen molar-refractivity contribution in [3.05, 3.63) is 133 Å². The Hall–Kier alpha value is -5.32. The van der Waals surface area contributed by atoms with E-state index in [1.54, 1.807) is 46.8 Å². The topological polar surface area (TPSA) is 180 Å². The molecule has 4 saturated heterocycles. The molecule has 4 fully saturated rings. The number of hydrogen-bond acceptors (Lipinski definition) is 17. The highest BCUT2D eigenvalue weighted by atomic mass is 79.9. The molecular formula is C60H75BrCl5N12O7P. The van der Waals surface area contributed by atoms with Gasteiger partial charge in [-0.15, -0.1) is 0 Å². The third kappa shape index (κ3) is 19.3. The van der Waals surface area contributed by atoms with Gasteiger partial charge < -0.3 is 68.5 Å². The maximum atomic E-state index is 11.9. The van der Waals surface area contributed by atoms with E-state index < -0.39 is 5.20 Å². The summed E-state index contributed by atoms with van der Waals surface area (Å²) in [4.78, 5) is 53.8. The van der Waals surface area contributed by atoms with Crippen LogP contribution in [-0.4, -0.2) is 201 Å². The van der Waals surface area contributed by atoms with Crippen molar-refractivity contribution in [2.45, 2.75) is 0 Å². The molecule has 0 spiro atoms. The van der Waals surface area contributed by atoms with Gasteiger partial charge in [0.1, 0.15) is 33.3 Å². The molecule has 4 aromatic carbocycles. The molecule has 26 heteroatoms. The highest BCUT2D eigenvalue weighted by molar-refractivity contribution is 9.10. The SMILES string of the molecule is CN1CCNCC1.COc1ccc2c(=O)[nH]cc(Br)c2c1.COc1ccc2c(=O)[nH]cc(N3CCN(C)CC3)c2c1.COc1ccc2c(Cl)ncc(N3CCN(C)CC3)c2c1.COc1ccc2c(Cl)ncc(N3CCN(C)CC3)c2c1.O=P(Cl)(Cl)Cl. The van der Waals surface area contributed by atoms with E-state index >= 15 is 0 Å². The summed E-state index contributed by atoms with van der Waals surface area (Å²) in [7, 11) is 15.2. The maximum Gasteiger partial charge on any atom is 0.339 e. The Morgan fingerprint density at radius 1 is 0.442 bits per heavy atom. The van der Waals surface area contributed by atoms with E-state index in [0.717, 1.165) is 168 Å². The molecule has 3 N–H and O–H groups in total. The van der Waals surface area contributed by atoms with Gasteiger partial charge in [-0.3, -0.25) is 14.2 Å². The van der Waals surface area contributed by atoms with E-state index in [1.807, 2.05) is 79.3 Å². The van der Waals surface area contributed by atoms with E-state index in [1.165, 1.54) is 13.1 Å². The minimum atomic E-state index is -3.22. The summed E-state index contributed by atoms with van der Waals surface area (Å²) in [5.41, 5.74) is 3.20. The van der Waals surface area contributed by atoms with Gasteiger partial charge >= 0.3 is 5.20 Å². The molecule has 4 aliphatic heterocycles. The maximum absolute atomic E-state index is 11.9. The first-order valence-corrected chi connectivity index (χ1v) is 33.8. The van der Waals surface area contributed by atoms with Gasteiger partial charge in [0.05, 0.1) is 57.9 Å². The molecule has 0 saturated carbocycles. The number of piperazine rings is 4. The third-order valence-electron chi connectivity index (χ3n) is 15.1. The van der Waals surface area contributed by atoms with Gasteiger partial charge in [-0.1, -0.05) is 23.2 Å². The second-order valence-corrected chi connectivity index (χ2v) is 29.0. The predicted molar refractivity (Wildman–Crippen MR) is 361 cm³/mol. The Kier molecular flexibility index (Phi) is 26.0. The minimum Gasteiger partial charge on any atom is -0.497 e. The molecule has 19 nitrogen and oxygen atoms in total. The van der Waals surface area contributed by atoms with Crippen LogP contribution in [0.25, 0.3) is 43.1 Å². The van der Waals surface area contributed by atoms with Crippen molar-refractivity contribution < 1.29 is 23.5 Å². The Morgan fingerprint density at radius 3 is 1.09 bits per heavy atom. The summed E-state index contributed by atoms with van der Waals surface area (Å²) in [6.45, 7) is 17.0. The van der Waals surface area contributed by atoms with Crippen LogP contribution in [0.3, 0.4) is 0 Å². The molecular weight excluding hydrogens is 1290 g/mol. The Morgan fingerprint density at radius 2 is 0.744 bits per heavy atom. The smallest absolute Gasteiger partial charge is 0.339 e. The quantitative estimate of drug-likeness (QED) is 0.101. The molecule has 0 unspecified atom stereocenters. The summed E-state index contributed by atoms with van der Waals surface area (Å²) in [5.74, 6) is 3.20. The van der Waals surface area contributed by atoms with Crippen LogP contribution in [0.2, 0.25) is 10.3 Å². The lowest BCUT2D eigenvalue weighted by molar-refractivity contribution is 0.291. The monoisotopic (exact) mass is 1360 g/mol. The minimum absolute atomic E-state index is 0.0551. The number of fused-ring (bicyclic) bond motifs is 4. The first kappa shape index (κ1) is 68.2. The van der Waals surface area contributed by atoms with E-state index in [2.05, 4.69) is 137 Å². The second-order valence-electron chi connectivity index (χ2n) is 20.8. The number of rotatable bonds is 7. The number of nitrogens with zero attached hydrogens (tertiary/aromatic N) is 9. The number of halogens is 6. The van der Waals surface area contributed by atoms with Crippen molar-refractivity contribution >= 4 is 138 Å². The number of anilines is 3. The average Bonchev–Trinajstić information content (AvgIpc) is 1.34. The number of methoxy groups -OCH3 is 4. The first-order valence-electron chi connectivity index (χ1n) is 27.9. The zero-order chi connectivity index (χ0) is 62.1. The molecule has 8 heterocycles. The van der Waals surface area contributed by atoms with Crippen LogP contribution in [0.5, 0.6) is 23.0 Å². The molecule has 0 aliphatic carbocycles. The number of hydrogen-bond donors (Lipinski definition) is 3. The van der Waals surface area contributed by atoms with Crippen molar-refractivity contribution in [1.82, 2.24) is 44.9 Å². The second kappa shape index (κ2) is 32.8. The number of ether oxygens (including phenoxy) is 4. The summed E-state index contributed by atoms with van der Waals surface area (Å²) in [6, 6.07) is 22.8. The number of aromatic amines is 2. The lowest BCUT2D eigenvalue weighted by atomic mass is 10.1. The number of nitrogens with one attached hydrogen (secondary N) is 3. The largest absolute Gasteiger partial charge is 0.497 e. The molecule has 0 atom stereocenters. The fourth-order valence-electron chi connectivity index (χ4n) is 9.96. The predicted octanol–water partition coefficient (Wildman–Crippen LogP) is 11.2. The summed E-state index contributed by atoms with van der Waals surface area (Å²) in [6.07, 6.45) is 7.18. The van der Waals surface area contributed by atoms with Crippen molar-refractivity contribution in [3.8, 4) is 23.0 Å². The van der Waals surface area contributed by atoms with E-state index in [9.17, 15) is 14.2 Å². The van der Waals surface area contributed by atoms with Gasteiger partial charge in [0.2, 0.25) is 0 Å². The van der Waals surface area contributed by atoms with E-state index in [0.29, 0.717) is 21.1 Å². The molecule has 0 bridgehead atoms. The molecule has 12 rings (SSSR count). The summed E-state index contributed by atoms with van der Waals surface area (Å²) in [5, 5.41) is 8.47. The van der Waals surface area contributed by atoms with Crippen LogP contribution < -0.4 is 50.1 Å². The van der Waals surface area contributed by atoms with E-state index in [4.69, 9.17) is 42.1 Å². The number of aromatic nitrogens is 4. The highest BCUT2D eigenvalue weighted by Crippen LogP contribution is 2.61. The fourth-order valence-corrected chi connectivity index (χ4v) is 10.8. The molecule has 0 radical (unpaired) electrons. The van der Waals surface area contributed by atoms with Gasteiger partial charge in [-0.25, -0.2) is 9.97 Å². The van der Waals surface area contributed by atoms with Gasteiger partial charge in [-0.2, -0.15) is 0 Å². The molecule has 4 aromatic heterocycles. The van der Waals surface area contributed by atoms with Gasteiger partial charge in [0, 0.05) is 165 Å². The van der Waals surface area contributed by atoms with Crippen LogP contribution in [-0.2, 0) is 4.57 Å². The normalized spacial score (nSPS) is 16.0. The van der Waals surface area contributed by atoms with Gasteiger partial charge in [-0.05, 0) is 151 Å².